The molecule has 0 heterocycles. The van der Waals surface area contributed by atoms with E-state index >= 15 is 0 Å². The Labute approximate surface area is 45.6 Å². The lowest BCUT2D eigenvalue weighted by Gasteiger charge is -1.88. The van der Waals surface area contributed by atoms with Crippen molar-refractivity contribution in [3.05, 3.63) is 0 Å². The summed E-state index contributed by atoms with van der Waals surface area (Å²) in [6, 6.07) is 0. The third-order valence-electron chi connectivity index (χ3n) is 0. The molecule has 0 amide bonds. The quantitative estimate of drug-likeness (QED) is 0.314. The van der Waals surface area contributed by atoms with E-state index < -0.39 is 5.69 Å². The third-order valence-corrected chi connectivity index (χ3v) is 0. The van der Waals surface area contributed by atoms with E-state index in [1.165, 1.54) is 0 Å². The van der Waals surface area contributed by atoms with Crippen molar-refractivity contribution >= 4 is 29.7 Å². The first kappa shape index (κ1) is 9.99. The maximum absolute atomic E-state index is 7.87. The van der Waals surface area contributed by atoms with Gasteiger partial charge in [-0.15, -0.1) is 0 Å². The van der Waals surface area contributed by atoms with Crippen LogP contribution in [0.25, 0.3) is 0 Å². The van der Waals surface area contributed by atoms with E-state index in [9.17, 15) is 0 Å². The Hall–Kier alpha value is 0.880. The van der Waals surface area contributed by atoms with Gasteiger partial charge in [0, 0.05) is 0 Å². The van der Waals surface area contributed by atoms with Gasteiger partial charge in [-0.25, -0.2) is 0 Å². The summed E-state index contributed by atoms with van der Waals surface area (Å²) in [5.41, 5.74) is -3.11. The fraction of sp³-hybridized carbons (Fsp3) is 0. The predicted octanol–water partition coefficient (Wildman–Crippen LogP) is -0.699. The molecule has 0 saturated heterocycles. The monoisotopic (exact) mass is 148 g/mol. The van der Waals surface area contributed by atoms with Gasteiger partial charge in [0.25, 0.3) is 0 Å². The van der Waals surface area contributed by atoms with Gasteiger partial charge >= 0.3 is 0 Å². The van der Waals surface area contributed by atoms with E-state index in [1.807, 2.05) is 0 Å². The van der Waals surface area contributed by atoms with Gasteiger partial charge < -0.3 is 15.3 Å². The molecule has 0 radical (unpaired) electrons. The molecule has 0 fully saturated rings. The summed E-state index contributed by atoms with van der Waals surface area (Å²) in [5, 5.41) is 0. The number of hydrogen-bond acceptors (Lipinski definition) is 1. The van der Waals surface area contributed by atoms with Crippen LogP contribution in [0.15, 0.2) is 0 Å². The fourth-order valence-corrected chi connectivity index (χ4v) is 0. The second-order valence-corrected chi connectivity index (χ2v) is 5.55. The minimum Gasteiger partial charge on any atom is -0.412 e. The predicted molar refractivity (Wildman–Crippen MR) is 31.3 cm³/mol. The Morgan fingerprint density at radius 3 is 1.50 bits per heavy atom. The summed E-state index contributed by atoms with van der Waals surface area (Å²) >= 11 is 7.07. The molecule has 0 aliphatic heterocycles. The van der Waals surface area contributed by atoms with E-state index in [2.05, 4.69) is 24.1 Å². The van der Waals surface area contributed by atoms with Gasteiger partial charge in [0.05, 0.1) is 0 Å². The topological polar surface area (TPSA) is 72.0 Å². The van der Waals surface area contributed by atoms with Crippen LogP contribution < -0.4 is 0 Å². The van der Waals surface area contributed by atoms with Gasteiger partial charge in [0.2, 0.25) is 5.69 Å². The van der Waals surface area contributed by atoms with Crippen molar-refractivity contribution in [2.45, 2.75) is 0 Å². The Kier molecular flexibility index (Phi) is 4.92. The van der Waals surface area contributed by atoms with Crippen molar-refractivity contribution in [1.82, 2.24) is 0 Å². The average molecular weight is 148 g/mol. The molecule has 0 saturated carbocycles. The van der Waals surface area contributed by atoms with E-state index in [0.717, 1.165) is 0 Å². The van der Waals surface area contributed by atoms with Crippen LogP contribution in [-0.2, 0) is 11.8 Å². The van der Waals surface area contributed by atoms with Crippen molar-refractivity contribution in [3.8, 4) is 0 Å². The van der Waals surface area contributed by atoms with Crippen molar-refractivity contribution in [1.29, 1.82) is 0 Å². The molecule has 0 aromatic rings. The second-order valence-electron chi connectivity index (χ2n) is 0.513. The van der Waals surface area contributed by atoms with E-state index in [0.29, 0.717) is 0 Å². The van der Waals surface area contributed by atoms with Crippen LogP contribution in [0.1, 0.15) is 0 Å². The summed E-state index contributed by atoms with van der Waals surface area (Å²) in [5.74, 6) is 0. The molecule has 6 heavy (non-hydrogen) atoms. The molecule has 0 aromatic carbocycles. The molecule has 0 rings (SSSR count). The van der Waals surface area contributed by atoms with Crippen LogP contribution in [0.5, 0.6) is 0 Å². The Morgan fingerprint density at radius 1 is 1.50 bits per heavy atom. The third kappa shape index (κ3) is 94.9. The Bertz CT molecular complexity index is 54.9. The average Bonchev–Trinajstić information content (AvgIpc) is 0.722. The number of hydrogen-bond donors (Lipinski definition) is 3. The molecule has 4 N–H and O–H groups in total. The molecule has 0 spiro atoms. The molecule has 0 aliphatic carbocycles. The molecular formula is H5O3PS2. The summed E-state index contributed by atoms with van der Waals surface area (Å²) in [7, 11) is 0. The van der Waals surface area contributed by atoms with Gasteiger partial charge in [-0.2, -0.15) is 0 Å². The van der Waals surface area contributed by atoms with Crippen molar-refractivity contribution in [3.63, 3.8) is 0 Å². The summed E-state index contributed by atoms with van der Waals surface area (Å²) < 4.78 is 0. The fourth-order valence-electron chi connectivity index (χ4n) is 0. The largest absolute Gasteiger partial charge is 0.412 e. The lowest BCUT2D eigenvalue weighted by molar-refractivity contribution is 0.503. The highest BCUT2D eigenvalue weighted by atomic mass is 32.9. The zero-order valence-electron chi connectivity index (χ0n) is 2.70. The van der Waals surface area contributed by atoms with Crippen LogP contribution in [-0.4, -0.2) is 15.3 Å². The van der Waals surface area contributed by atoms with Crippen LogP contribution >= 0.6 is 17.9 Å². The highest BCUT2D eigenvalue weighted by Crippen LogP contribution is 2.39. The summed E-state index contributed by atoms with van der Waals surface area (Å²) in [6.07, 6.45) is 0. The molecule has 0 unspecified atom stereocenters. The van der Waals surface area contributed by atoms with Crippen molar-refractivity contribution < 1.29 is 15.3 Å². The van der Waals surface area contributed by atoms with Crippen molar-refractivity contribution in [2.24, 2.45) is 0 Å². The number of rotatable bonds is 0. The lowest BCUT2D eigenvalue weighted by atomic mass is 15.9. The summed E-state index contributed by atoms with van der Waals surface area (Å²) in [6.45, 7) is 0. The van der Waals surface area contributed by atoms with Crippen LogP contribution in [0.4, 0.5) is 0 Å². The molecule has 0 aliphatic rings. The standard InChI is InChI=1S/H3O2PS2.H2O/c1-3(2,4)5;/h(H3,1,2,4,5);1H2. The van der Waals surface area contributed by atoms with E-state index in [-0.39, 0.29) is 5.48 Å². The normalized spacial score (nSPS) is 9.83. The van der Waals surface area contributed by atoms with Crippen molar-refractivity contribution in [2.75, 3.05) is 0 Å². The van der Waals surface area contributed by atoms with Crippen LogP contribution in [0.3, 0.4) is 0 Å². The molecule has 0 bridgehead atoms. The van der Waals surface area contributed by atoms with Gasteiger partial charge in [0.1, 0.15) is 0 Å². The van der Waals surface area contributed by atoms with Crippen LogP contribution in [0.2, 0.25) is 0 Å². The zero-order chi connectivity index (χ0) is 4.50. The van der Waals surface area contributed by atoms with Gasteiger partial charge in [0.15, 0.2) is 0 Å². The maximum atomic E-state index is 7.87. The first-order chi connectivity index (χ1) is 2.00. The molecule has 6 heteroatoms. The minimum atomic E-state index is -3.11. The molecule has 3 nitrogen and oxygen atoms in total. The molecule has 40 valence electrons. The zero-order valence-corrected chi connectivity index (χ0v) is 5.30. The first-order valence-electron chi connectivity index (χ1n) is 0.783. The highest BCUT2D eigenvalue weighted by Gasteiger charge is 1.90. The van der Waals surface area contributed by atoms with Gasteiger partial charge in [-0.05, 0) is 11.8 Å². The van der Waals surface area contributed by atoms with Gasteiger partial charge in [-0.1, -0.05) is 12.2 Å². The van der Waals surface area contributed by atoms with E-state index in [1.54, 1.807) is 0 Å². The Morgan fingerprint density at radius 2 is 1.50 bits per heavy atom. The number of thiol groups is 1. The Balaban J connectivity index is 0. The lowest BCUT2D eigenvalue weighted by Crippen LogP contribution is -1.53. The maximum Gasteiger partial charge on any atom is 0.239 e. The molecule has 0 atom stereocenters. The second kappa shape index (κ2) is 2.96. The summed E-state index contributed by atoms with van der Waals surface area (Å²) in [4.78, 5) is 15.7. The molecule has 0 aromatic heterocycles. The smallest absolute Gasteiger partial charge is 0.239 e. The van der Waals surface area contributed by atoms with Crippen LogP contribution in [0, 0.1) is 0 Å². The highest BCUT2D eigenvalue weighted by molar-refractivity contribution is 8.59. The molecular weight excluding hydrogens is 143 g/mol. The SMILES string of the molecule is O.OP(O)(=S)S. The minimum absolute atomic E-state index is 0. The first-order valence-corrected chi connectivity index (χ1v) is 4.64. The van der Waals surface area contributed by atoms with E-state index in [4.69, 9.17) is 9.79 Å². The van der Waals surface area contributed by atoms with Gasteiger partial charge in [-0.3, -0.25) is 0 Å².